The summed E-state index contributed by atoms with van der Waals surface area (Å²) in [5.74, 6) is 1.16. The van der Waals surface area contributed by atoms with Crippen LogP contribution in [0.4, 0.5) is 0 Å². The number of fused-ring (bicyclic) bond motifs is 1. The molecule has 1 aromatic carbocycles. The molecule has 0 amide bonds. The number of halogens is 1. The van der Waals surface area contributed by atoms with Gasteiger partial charge in [-0.3, -0.25) is 4.79 Å². The van der Waals surface area contributed by atoms with Gasteiger partial charge in [0.25, 0.3) is 0 Å². The Morgan fingerprint density at radius 2 is 2.33 bits per heavy atom. The Bertz CT molecular complexity index is 459. The van der Waals surface area contributed by atoms with Crippen molar-refractivity contribution in [3.63, 3.8) is 0 Å². The maximum atomic E-state index is 12.1. The van der Waals surface area contributed by atoms with Gasteiger partial charge in [0.15, 0.2) is 0 Å². The van der Waals surface area contributed by atoms with Crippen molar-refractivity contribution < 1.29 is 9.53 Å². The van der Waals surface area contributed by atoms with Crippen molar-refractivity contribution >= 4 is 21.7 Å². The van der Waals surface area contributed by atoms with Crippen molar-refractivity contribution in [3.8, 4) is 5.75 Å². The molecule has 2 N–H and O–H groups in total. The third-order valence-corrected chi connectivity index (χ3v) is 3.80. The van der Waals surface area contributed by atoms with E-state index in [4.69, 9.17) is 10.5 Å². The van der Waals surface area contributed by atoms with Gasteiger partial charge in [-0.1, -0.05) is 22.9 Å². The van der Waals surface area contributed by atoms with E-state index in [1.54, 1.807) is 0 Å². The van der Waals surface area contributed by atoms with E-state index in [0.29, 0.717) is 19.6 Å². The Hall–Kier alpha value is -0.870. The number of rotatable bonds is 5. The highest BCUT2D eigenvalue weighted by Crippen LogP contribution is 2.33. The summed E-state index contributed by atoms with van der Waals surface area (Å²) in [7, 11) is 0. The summed E-state index contributed by atoms with van der Waals surface area (Å²) in [5, 5.41) is 0. The van der Waals surface area contributed by atoms with E-state index in [1.165, 1.54) is 5.56 Å². The minimum atomic E-state index is 0.0195. The number of carbonyl (C=O) groups excluding carboxylic acids is 1. The van der Waals surface area contributed by atoms with Gasteiger partial charge in [0.2, 0.25) is 0 Å². The molecule has 98 valence electrons. The number of nitrogens with two attached hydrogens (primary N) is 1. The second-order valence-electron chi connectivity index (χ2n) is 4.77. The zero-order chi connectivity index (χ0) is 13.1. The summed E-state index contributed by atoms with van der Waals surface area (Å²) in [4.78, 5) is 12.1. The van der Waals surface area contributed by atoms with Gasteiger partial charge in [-0.15, -0.1) is 0 Å². The van der Waals surface area contributed by atoms with Crippen LogP contribution in [0.2, 0.25) is 0 Å². The molecule has 1 atom stereocenters. The van der Waals surface area contributed by atoms with Gasteiger partial charge < -0.3 is 10.5 Å². The summed E-state index contributed by atoms with van der Waals surface area (Å²) >= 11 is 3.49. The zero-order valence-corrected chi connectivity index (χ0v) is 12.1. The van der Waals surface area contributed by atoms with Crippen LogP contribution in [0.15, 0.2) is 16.6 Å². The monoisotopic (exact) mass is 311 g/mol. The lowest BCUT2D eigenvalue weighted by Crippen LogP contribution is -2.17. The molecule has 1 aliphatic heterocycles. The van der Waals surface area contributed by atoms with Gasteiger partial charge in [0.1, 0.15) is 11.5 Å². The Morgan fingerprint density at radius 1 is 1.56 bits per heavy atom. The van der Waals surface area contributed by atoms with Crippen LogP contribution in [0.3, 0.4) is 0 Å². The van der Waals surface area contributed by atoms with Crippen LogP contribution in [0, 0.1) is 5.92 Å². The van der Waals surface area contributed by atoms with Gasteiger partial charge in [-0.05, 0) is 30.7 Å². The van der Waals surface area contributed by atoms with Gasteiger partial charge in [0, 0.05) is 28.8 Å². The van der Waals surface area contributed by atoms with E-state index in [9.17, 15) is 4.79 Å². The molecule has 0 spiro atoms. The number of hydrogen-bond donors (Lipinski definition) is 1. The first-order valence-electron chi connectivity index (χ1n) is 6.28. The van der Waals surface area contributed by atoms with E-state index in [1.807, 2.05) is 13.0 Å². The van der Waals surface area contributed by atoms with Crippen molar-refractivity contribution in [2.45, 2.75) is 26.2 Å². The molecule has 18 heavy (non-hydrogen) atoms. The molecule has 0 saturated carbocycles. The second kappa shape index (κ2) is 5.85. The van der Waals surface area contributed by atoms with Crippen LogP contribution in [0.1, 0.15) is 24.5 Å². The standard InChI is InChI=1S/C14H18BrNO2/c1-9(2-4-16)13(17)8-11-7-12(15)6-10-3-5-18-14(10)11/h6-7,9H,2-5,8,16H2,1H3. The molecule has 0 saturated heterocycles. The predicted octanol–water partition coefficient (Wildman–Crippen LogP) is 2.48. The topological polar surface area (TPSA) is 52.3 Å². The molecule has 0 aliphatic carbocycles. The Morgan fingerprint density at radius 3 is 3.06 bits per heavy atom. The molecule has 1 heterocycles. The highest BCUT2D eigenvalue weighted by Gasteiger charge is 2.21. The quantitative estimate of drug-likeness (QED) is 0.909. The molecular weight excluding hydrogens is 294 g/mol. The van der Waals surface area contributed by atoms with Crippen molar-refractivity contribution in [1.82, 2.24) is 0 Å². The van der Waals surface area contributed by atoms with Crippen LogP contribution in [-0.2, 0) is 17.6 Å². The van der Waals surface area contributed by atoms with E-state index < -0.39 is 0 Å². The largest absolute Gasteiger partial charge is 0.493 e. The average molecular weight is 312 g/mol. The van der Waals surface area contributed by atoms with Crippen molar-refractivity contribution in [2.75, 3.05) is 13.2 Å². The highest BCUT2D eigenvalue weighted by atomic mass is 79.9. The van der Waals surface area contributed by atoms with Gasteiger partial charge >= 0.3 is 0 Å². The molecule has 4 heteroatoms. The number of ether oxygens (including phenoxy) is 1. The summed E-state index contributed by atoms with van der Waals surface area (Å²) in [6.45, 7) is 3.21. The van der Waals surface area contributed by atoms with Gasteiger partial charge in [-0.25, -0.2) is 0 Å². The molecular formula is C14H18BrNO2. The minimum absolute atomic E-state index is 0.0195. The summed E-state index contributed by atoms with van der Waals surface area (Å²) in [6.07, 6.45) is 2.10. The van der Waals surface area contributed by atoms with E-state index in [0.717, 1.165) is 28.6 Å². The summed E-state index contributed by atoms with van der Waals surface area (Å²) < 4.78 is 6.64. The van der Waals surface area contributed by atoms with Crippen LogP contribution < -0.4 is 10.5 Å². The number of carbonyl (C=O) groups is 1. The van der Waals surface area contributed by atoms with E-state index in [-0.39, 0.29) is 11.7 Å². The highest BCUT2D eigenvalue weighted by molar-refractivity contribution is 9.10. The van der Waals surface area contributed by atoms with Crippen LogP contribution >= 0.6 is 15.9 Å². The van der Waals surface area contributed by atoms with Crippen molar-refractivity contribution in [1.29, 1.82) is 0 Å². The summed E-state index contributed by atoms with van der Waals surface area (Å²) in [6, 6.07) is 4.05. The maximum Gasteiger partial charge on any atom is 0.140 e. The molecule has 0 aromatic heterocycles. The van der Waals surface area contributed by atoms with Gasteiger partial charge in [-0.2, -0.15) is 0 Å². The molecule has 1 unspecified atom stereocenters. The second-order valence-corrected chi connectivity index (χ2v) is 5.69. The summed E-state index contributed by atoms with van der Waals surface area (Å²) in [5.41, 5.74) is 7.68. The lowest BCUT2D eigenvalue weighted by molar-refractivity contribution is -0.121. The number of Topliss-reactive ketones (excluding diaryl/α,β-unsaturated/α-hetero) is 1. The molecule has 3 nitrogen and oxygen atoms in total. The third-order valence-electron chi connectivity index (χ3n) is 3.34. The lowest BCUT2D eigenvalue weighted by Gasteiger charge is -2.12. The zero-order valence-electron chi connectivity index (χ0n) is 10.5. The van der Waals surface area contributed by atoms with Crippen molar-refractivity contribution in [3.05, 3.63) is 27.7 Å². The molecule has 0 bridgehead atoms. The van der Waals surface area contributed by atoms with Crippen LogP contribution in [0.25, 0.3) is 0 Å². The first-order chi connectivity index (χ1) is 8.61. The number of hydrogen-bond acceptors (Lipinski definition) is 3. The Kier molecular flexibility index (Phi) is 4.40. The normalized spacial score (nSPS) is 15.1. The molecule has 0 fully saturated rings. The van der Waals surface area contributed by atoms with Crippen LogP contribution in [0.5, 0.6) is 5.75 Å². The third kappa shape index (κ3) is 2.93. The SMILES string of the molecule is CC(CCN)C(=O)Cc1cc(Br)cc2c1OCC2. The smallest absolute Gasteiger partial charge is 0.140 e. The van der Waals surface area contributed by atoms with E-state index >= 15 is 0 Å². The minimum Gasteiger partial charge on any atom is -0.493 e. The number of benzene rings is 1. The molecule has 0 radical (unpaired) electrons. The number of ketones is 1. The maximum absolute atomic E-state index is 12.1. The Balaban J connectivity index is 2.17. The Labute approximate surface area is 116 Å². The fourth-order valence-electron chi connectivity index (χ4n) is 2.25. The fourth-order valence-corrected chi connectivity index (χ4v) is 2.80. The first-order valence-corrected chi connectivity index (χ1v) is 7.08. The van der Waals surface area contributed by atoms with Gasteiger partial charge in [0.05, 0.1) is 6.61 Å². The predicted molar refractivity (Wildman–Crippen MR) is 74.9 cm³/mol. The lowest BCUT2D eigenvalue weighted by atomic mass is 9.95. The molecule has 2 rings (SSSR count). The average Bonchev–Trinajstić information content (AvgIpc) is 2.77. The van der Waals surface area contributed by atoms with Crippen molar-refractivity contribution in [2.24, 2.45) is 11.7 Å². The molecule has 1 aromatic rings. The molecule has 1 aliphatic rings. The fraction of sp³-hybridized carbons (Fsp3) is 0.500. The van der Waals surface area contributed by atoms with E-state index in [2.05, 4.69) is 22.0 Å². The van der Waals surface area contributed by atoms with Crippen LogP contribution in [-0.4, -0.2) is 18.9 Å². The first kappa shape index (κ1) is 13.6.